The largest absolute Gasteiger partial charge is 0.270 e. The lowest BCUT2D eigenvalue weighted by Crippen LogP contribution is -2.31. The molecule has 0 saturated carbocycles. The molecule has 1 aliphatic heterocycles. The van der Waals surface area contributed by atoms with E-state index >= 15 is 0 Å². The molecule has 148 valence electrons. The molecule has 0 saturated heterocycles. The maximum atomic E-state index is 12.8. The molecule has 0 N–H and O–H groups in total. The molecule has 6 nitrogen and oxygen atoms in total. The van der Waals surface area contributed by atoms with E-state index < -0.39 is 20.0 Å². The van der Waals surface area contributed by atoms with Crippen molar-refractivity contribution in [1.29, 1.82) is 0 Å². The normalized spacial score (nSPS) is 15.4. The molecule has 0 atom stereocenters. The minimum atomic E-state index is -3.70. The van der Waals surface area contributed by atoms with Gasteiger partial charge in [-0.05, 0) is 50.3 Å². The Kier molecular flexibility index (Phi) is 5.62. The summed E-state index contributed by atoms with van der Waals surface area (Å²) in [5.41, 5.74) is 1.94. The van der Waals surface area contributed by atoms with E-state index in [1.165, 1.54) is 33.2 Å². The van der Waals surface area contributed by atoms with E-state index in [4.69, 9.17) is 0 Å². The van der Waals surface area contributed by atoms with Crippen molar-refractivity contribution in [2.75, 3.05) is 13.1 Å². The van der Waals surface area contributed by atoms with Crippen LogP contribution in [0.2, 0.25) is 0 Å². The van der Waals surface area contributed by atoms with Crippen LogP contribution in [0, 0.1) is 13.8 Å². The first-order chi connectivity index (χ1) is 13.2. The number of sulfonamides is 2. The van der Waals surface area contributed by atoms with E-state index in [2.05, 4.69) is 0 Å². The molecule has 0 spiro atoms. The molecule has 2 aromatic rings. The van der Waals surface area contributed by atoms with Gasteiger partial charge in [-0.3, -0.25) is 8.61 Å². The molecule has 28 heavy (non-hydrogen) atoms. The predicted molar refractivity (Wildman–Crippen MR) is 108 cm³/mol. The lowest BCUT2D eigenvalue weighted by Gasteiger charge is -2.24. The number of nitrogens with zero attached hydrogens (tertiary/aromatic N) is 2. The van der Waals surface area contributed by atoms with Crippen molar-refractivity contribution in [2.24, 2.45) is 0 Å². The van der Waals surface area contributed by atoms with Gasteiger partial charge in [-0.25, -0.2) is 16.8 Å². The van der Waals surface area contributed by atoms with E-state index in [0.717, 1.165) is 11.1 Å². The van der Waals surface area contributed by atoms with E-state index in [1.807, 2.05) is 13.8 Å². The maximum Gasteiger partial charge on any atom is 0.264 e. The molecule has 0 unspecified atom stereocenters. The highest BCUT2D eigenvalue weighted by atomic mass is 32.2. The fraction of sp³-hybridized carbons (Fsp3) is 0.200. The summed E-state index contributed by atoms with van der Waals surface area (Å²) >= 11 is 0. The molecule has 3 rings (SSSR count). The topological polar surface area (TPSA) is 74.8 Å². The minimum absolute atomic E-state index is 0.0344. The van der Waals surface area contributed by atoms with Gasteiger partial charge in [-0.1, -0.05) is 35.4 Å². The summed E-state index contributed by atoms with van der Waals surface area (Å²) < 4.78 is 53.6. The van der Waals surface area contributed by atoms with Crippen molar-refractivity contribution in [1.82, 2.24) is 8.61 Å². The van der Waals surface area contributed by atoms with Gasteiger partial charge < -0.3 is 0 Å². The van der Waals surface area contributed by atoms with Crippen LogP contribution >= 0.6 is 0 Å². The molecule has 1 heterocycles. The Hall–Kier alpha value is -2.58. The number of rotatable bonds is 4. The molecule has 0 bridgehead atoms. The van der Waals surface area contributed by atoms with Gasteiger partial charge in [0, 0.05) is 12.4 Å². The molecule has 0 radical (unpaired) electrons. The standard InChI is InChI=1S/C20H22N2O4S2/c1-17-5-9-19(10-6-17)27(23,24)21-13-3-15-22(16-4-14-21)28(25,26)20-11-7-18(2)8-12-20/h3-13,16H,14-15H2,1-2H3. The zero-order valence-electron chi connectivity index (χ0n) is 15.7. The monoisotopic (exact) mass is 418 g/mol. The Morgan fingerprint density at radius 3 is 1.25 bits per heavy atom. The van der Waals surface area contributed by atoms with Gasteiger partial charge >= 0.3 is 0 Å². The Bertz CT molecular complexity index is 1010. The second-order valence-electron chi connectivity index (χ2n) is 6.55. The van der Waals surface area contributed by atoms with Crippen LogP contribution < -0.4 is 0 Å². The van der Waals surface area contributed by atoms with Crippen LogP contribution in [-0.4, -0.2) is 38.5 Å². The van der Waals surface area contributed by atoms with Crippen molar-refractivity contribution < 1.29 is 16.8 Å². The quantitative estimate of drug-likeness (QED) is 0.765. The Morgan fingerprint density at radius 2 is 0.929 bits per heavy atom. The van der Waals surface area contributed by atoms with E-state index in [-0.39, 0.29) is 22.9 Å². The van der Waals surface area contributed by atoms with Gasteiger partial charge in [0.15, 0.2) is 0 Å². The summed E-state index contributed by atoms with van der Waals surface area (Å²) in [4.78, 5) is 0.390. The Morgan fingerprint density at radius 1 is 0.607 bits per heavy atom. The highest BCUT2D eigenvalue weighted by molar-refractivity contribution is 7.89. The lowest BCUT2D eigenvalue weighted by atomic mass is 10.2. The first-order valence-corrected chi connectivity index (χ1v) is 11.6. The SMILES string of the molecule is Cc1ccc(S(=O)(=O)N2C=CCN(S(=O)(=O)c3ccc(C)cc3)C=CC2)cc1. The van der Waals surface area contributed by atoms with Crippen molar-refractivity contribution in [3.63, 3.8) is 0 Å². The molecule has 1 aliphatic rings. The van der Waals surface area contributed by atoms with Crippen LogP contribution in [0.15, 0.2) is 82.9 Å². The molecule has 2 aromatic carbocycles. The minimum Gasteiger partial charge on any atom is -0.270 e. The zero-order chi connectivity index (χ0) is 20.4. The van der Waals surface area contributed by atoms with Crippen LogP contribution in [0.4, 0.5) is 0 Å². The van der Waals surface area contributed by atoms with Gasteiger partial charge in [0.1, 0.15) is 0 Å². The third-order valence-corrected chi connectivity index (χ3v) is 7.88. The van der Waals surface area contributed by atoms with Crippen molar-refractivity contribution in [2.45, 2.75) is 23.6 Å². The van der Waals surface area contributed by atoms with Gasteiger partial charge in [-0.15, -0.1) is 0 Å². The van der Waals surface area contributed by atoms with Crippen molar-refractivity contribution in [3.8, 4) is 0 Å². The first kappa shape index (κ1) is 20.2. The summed E-state index contributed by atoms with van der Waals surface area (Å²) in [6.45, 7) is 3.84. The lowest BCUT2D eigenvalue weighted by molar-refractivity contribution is 0.501. The molecular formula is C20H22N2O4S2. The first-order valence-electron chi connectivity index (χ1n) is 8.71. The summed E-state index contributed by atoms with van der Waals surface area (Å²) in [6, 6.07) is 13.2. The summed E-state index contributed by atoms with van der Waals surface area (Å²) in [6.07, 6.45) is 5.88. The fourth-order valence-electron chi connectivity index (χ4n) is 2.71. The fourth-order valence-corrected chi connectivity index (χ4v) is 5.27. The molecule has 0 fully saturated rings. The zero-order valence-corrected chi connectivity index (χ0v) is 17.3. The number of hydrogen-bond acceptors (Lipinski definition) is 4. The molecule has 0 aromatic heterocycles. The Labute approximate surface area is 166 Å². The number of hydrogen-bond donors (Lipinski definition) is 0. The second kappa shape index (κ2) is 7.81. The van der Waals surface area contributed by atoms with Crippen molar-refractivity contribution in [3.05, 3.63) is 84.2 Å². The highest BCUT2D eigenvalue weighted by Gasteiger charge is 2.24. The van der Waals surface area contributed by atoms with Crippen LogP contribution in [-0.2, 0) is 20.0 Å². The van der Waals surface area contributed by atoms with Crippen LogP contribution in [0.5, 0.6) is 0 Å². The molecule has 8 heteroatoms. The van der Waals surface area contributed by atoms with Crippen LogP contribution in [0.1, 0.15) is 11.1 Å². The van der Waals surface area contributed by atoms with Gasteiger partial charge in [-0.2, -0.15) is 0 Å². The molecule has 0 aliphatic carbocycles. The maximum absolute atomic E-state index is 12.8. The van der Waals surface area contributed by atoms with Gasteiger partial charge in [0.2, 0.25) is 0 Å². The van der Waals surface area contributed by atoms with Crippen molar-refractivity contribution >= 4 is 20.0 Å². The van der Waals surface area contributed by atoms with E-state index in [0.29, 0.717) is 0 Å². The third-order valence-electron chi connectivity index (χ3n) is 4.37. The smallest absolute Gasteiger partial charge is 0.264 e. The number of aryl methyl sites for hydroxylation is 2. The van der Waals surface area contributed by atoms with E-state index in [1.54, 1.807) is 48.5 Å². The average molecular weight is 419 g/mol. The van der Waals surface area contributed by atoms with Gasteiger partial charge in [0.05, 0.1) is 22.9 Å². The van der Waals surface area contributed by atoms with Crippen LogP contribution in [0.25, 0.3) is 0 Å². The highest BCUT2D eigenvalue weighted by Crippen LogP contribution is 2.20. The predicted octanol–water partition coefficient (Wildman–Crippen LogP) is 3.03. The van der Waals surface area contributed by atoms with Gasteiger partial charge in [0.25, 0.3) is 20.0 Å². The summed E-state index contributed by atoms with van der Waals surface area (Å²) in [5, 5.41) is 0. The molecule has 0 amide bonds. The third kappa shape index (κ3) is 4.13. The second-order valence-corrected chi connectivity index (χ2v) is 10.3. The average Bonchev–Trinajstić information content (AvgIpc) is 2.62. The summed E-state index contributed by atoms with van der Waals surface area (Å²) in [7, 11) is -7.40. The number of benzene rings is 2. The summed E-state index contributed by atoms with van der Waals surface area (Å²) in [5.74, 6) is 0. The molecular weight excluding hydrogens is 396 g/mol. The van der Waals surface area contributed by atoms with E-state index in [9.17, 15) is 16.8 Å². The Balaban J connectivity index is 1.82. The van der Waals surface area contributed by atoms with Crippen LogP contribution in [0.3, 0.4) is 0 Å².